The summed E-state index contributed by atoms with van der Waals surface area (Å²) in [6.07, 6.45) is 3.38. The summed E-state index contributed by atoms with van der Waals surface area (Å²) in [5.74, 6) is 1.02. The maximum atomic E-state index is 5.83. The van der Waals surface area contributed by atoms with Gasteiger partial charge in [-0.05, 0) is 18.4 Å². The average molecular weight is 375 g/mol. The lowest BCUT2D eigenvalue weighted by Gasteiger charge is -2.13. The number of benzene rings is 1. The van der Waals surface area contributed by atoms with Gasteiger partial charge >= 0.3 is 0 Å². The quantitative estimate of drug-likeness (QED) is 0.332. The van der Waals surface area contributed by atoms with E-state index in [4.69, 9.17) is 5.73 Å². The van der Waals surface area contributed by atoms with Gasteiger partial charge in [-0.15, -0.1) is 24.0 Å². The first-order valence-corrected chi connectivity index (χ1v) is 6.86. The number of hydrogen-bond acceptors (Lipinski definition) is 1. The van der Waals surface area contributed by atoms with Crippen molar-refractivity contribution in [2.75, 3.05) is 13.1 Å². The normalized spacial score (nSPS) is 12.6. The number of guanidine groups is 1. The highest BCUT2D eigenvalue weighted by atomic mass is 127. The van der Waals surface area contributed by atoms with E-state index in [1.165, 1.54) is 12.0 Å². The SMILES string of the molecule is CCCCNC(N)=NCC(CC)c1ccccc1.I. The Morgan fingerprint density at radius 3 is 2.53 bits per heavy atom. The van der Waals surface area contributed by atoms with Gasteiger partial charge in [0.05, 0.1) is 0 Å². The van der Waals surface area contributed by atoms with E-state index in [1.54, 1.807) is 0 Å². The molecule has 0 radical (unpaired) electrons. The van der Waals surface area contributed by atoms with Crippen LogP contribution in [-0.2, 0) is 0 Å². The van der Waals surface area contributed by atoms with E-state index in [-0.39, 0.29) is 24.0 Å². The van der Waals surface area contributed by atoms with Crippen molar-refractivity contribution in [1.29, 1.82) is 0 Å². The van der Waals surface area contributed by atoms with E-state index in [1.807, 2.05) is 6.07 Å². The van der Waals surface area contributed by atoms with Crippen LogP contribution in [0.2, 0.25) is 0 Å². The van der Waals surface area contributed by atoms with Crippen LogP contribution < -0.4 is 11.1 Å². The maximum absolute atomic E-state index is 5.83. The summed E-state index contributed by atoms with van der Waals surface area (Å²) in [5.41, 5.74) is 7.17. The number of nitrogens with zero attached hydrogens (tertiary/aromatic N) is 1. The van der Waals surface area contributed by atoms with Gasteiger partial charge in [-0.3, -0.25) is 4.99 Å². The third kappa shape index (κ3) is 7.40. The van der Waals surface area contributed by atoms with Crippen LogP contribution in [0.1, 0.15) is 44.6 Å². The van der Waals surface area contributed by atoms with Crippen LogP contribution in [0, 0.1) is 0 Å². The lowest BCUT2D eigenvalue weighted by molar-refractivity contribution is 0.669. The topological polar surface area (TPSA) is 50.4 Å². The summed E-state index contributed by atoms with van der Waals surface area (Å²) >= 11 is 0. The molecule has 1 unspecified atom stereocenters. The first kappa shape index (κ1) is 18.2. The fourth-order valence-electron chi connectivity index (χ4n) is 1.85. The van der Waals surface area contributed by atoms with E-state index in [0.717, 1.165) is 25.9 Å². The molecule has 0 saturated heterocycles. The molecule has 0 bridgehead atoms. The molecule has 0 spiro atoms. The molecule has 0 aromatic heterocycles. The van der Waals surface area contributed by atoms with Crippen molar-refractivity contribution < 1.29 is 0 Å². The molecule has 0 aliphatic heterocycles. The Labute approximate surface area is 134 Å². The van der Waals surface area contributed by atoms with E-state index in [0.29, 0.717) is 11.9 Å². The maximum Gasteiger partial charge on any atom is 0.188 e. The molecule has 3 N–H and O–H groups in total. The minimum atomic E-state index is 0. The molecular formula is C15H26IN3. The minimum Gasteiger partial charge on any atom is -0.370 e. The average Bonchev–Trinajstić information content (AvgIpc) is 2.41. The standard InChI is InChI=1S/C15H25N3.HI/c1-3-5-11-17-15(16)18-12-13(4-2)14-9-7-6-8-10-14;/h6-10,13H,3-5,11-12H2,1-2H3,(H3,16,17,18);1H. The molecule has 0 heterocycles. The van der Waals surface area contributed by atoms with Gasteiger partial charge in [0, 0.05) is 19.0 Å². The van der Waals surface area contributed by atoms with Crippen molar-refractivity contribution in [2.45, 2.75) is 39.0 Å². The Kier molecular flexibility index (Phi) is 10.6. The highest BCUT2D eigenvalue weighted by Gasteiger charge is 2.07. The zero-order chi connectivity index (χ0) is 13.2. The molecule has 1 atom stereocenters. The Hall–Kier alpha value is -0.780. The van der Waals surface area contributed by atoms with Crippen LogP contribution in [0.3, 0.4) is 0 Å². The van der Waals surface area contributed by atoms with E-state index in [2.05, 4.69) is 48.4 Å². The molecule has 0 aliphatic carbocycles. The Morgan fingerprint density at radius 1 is 1.26 bits per heavy atom. The predicted octanol–water partition coefficient (Wildman–Crippen LogP) is 3.50. The molecule has 3 nitrogen and oxygen atoms in total. The number of halogens is 1. The van der Waals surface area contributed by atoms with Crippen LogP contribution in [-0.4, -0.2) is 19.0 Å². The lowest BCUT2D eigenvalue weighted by Crippen LogP contribution is -2.32. The van der Waals surface area contributed by atoms with Crippen LogP contribution in [0.5, 0.6) is 0 Å². The summed E-state index contributed by atoms with van der Waals surface area (Å²) in [6.45, 7) is 6.02. The second-order valence-electron chi connectivity index (χ2n) is 4.52. The summed E-state index contributed by atoms with van der Waals surface area (Å²) in [6, 6.07) is 10.5. The van der Waals surface area contributed by atoms with E-state index in [9.17, 15) is 0 Å². The highest BCUT2D eigenvalue weighted by molar-refractivity contribution is 14.0. The molecule has 0 saturated carbocycles. The van der Waals surface area contributed by atoms with E-state index >= 15 is 0 Å². The highest BCUT2D eigenvalue weighted by Crippen LogP contribution is 2.19. The zero-order valence-corrected chi connectivity index (χ0v) is 14.3. The minimum absolute atomic E-state index is 0. The van der Waals surface area contributed by atoms with Crippen molar-refractivity contribution >= 4 is 29.9 Å². The fourth-order valence-corrected chi connectivity index (χ4v) is 1.85. The third-order valence-electron chi connectivity index (χ3n) is 3.08. The van der Waals surface area contributed by atoms with Gasteiger partial charge in [0.25, 0.3) is 0 Å². The number of unbranched alkanes of at least 4 members (excludes halogenated alkanes) is 1. The molecule has 0 fully saturated rings. The smallest absolute Gasteiger partial charge is 0.188 e. The first-order chi connectivity index (χ1) is 8.77. The number of hydrogen-bond donors (Lipinski definition) is 2. The molecular weight excluding hydrogens is 349 g/mol. The Balaban J connectivity index is 0.00000324. The van der Waals surface area contributed by atoms with Gasteiger partial charge in [0.1, 0.15) is 0 Å². The summed E-state index contributed by atoms with van der Waals surface area (Å²) < 4.78 is 0. The van der Waals surface area contributed by atoms with Crippen LogP contribution >= 0.6 is 24.0 Å². The van der Waals surface area contributed by atoms with Gasteiger partial charge in [-0.2, -0.15) is 0 Å². The zero-order valence-electron chi connectivity index (χ0n) is 11.9. The van der Waals surface area contributed by atoms with Crippen molar-refractivity contribution in [3.63, 3.8) is 0 Å². The molecule has 1 aromatic rings. The first-order valence-electron chi connectivity index (χ1n) is 6.86. The second kappa shape index (κ2) is 11.1. The lowest BCUT2D eigenvalue weighted by atomic mass is 9.97. The largest absolute Gasteiger partial charge is 0.370 e. The van der Waals surface area contributed by atoms with Gasteiger partial charge in [-0.1, -0.05) is 50.6 Å². The Morgan fingerprint density at radius 2 is 1.95 bits per heavy atom. The number of rotatable bonds is 7. The number of nitrogens with two attached hydrogens (primary N) is 1. The number of nitrogens with one attached hydrogen (secondary N) is 1. The van der Waals surface area contributed by atoms with Crippen molar-refractivity contribution in [3.8, 4) is 0 Å². The summed E-state index contributed by atoms with van der Waals surface area (Å²) in [7, 11) is 0. The second-order valence-corrected chi connectivity index (χ2v) is 4.52. The monoisotopic (exact) mass is 375 g/mol. The summed E-state index contributed by atoms with van der Waals surface area (Å²) in [4.78, 5) is 4.43. The molecule has 108 valence electrons. The molecule has 4 heteroatoms. The van der Waals surface area contributed by atoms with Crippen molar-refractivity contribution in [1.82, 2.24) is 5.32 Å². The van der Waals surface area contributed by atoms with Crippen molar-refractivity contribution in [3.05, 3.63) is 35.9 Å². The molecule has 0 amide bonds. The molecule has 1 aromatic carbocycles. The van der Waals surface area contributed by atoms with Crippen molar-refractivity contribution in [2.24, 2.45) is 10.7 Å². The molecule has 1 rings (SSSR count). The Bertz CT molecular complexity index is 352. The summed E-state index contributed by atoms with van der Waals surface area (Å²) in [5, 5.41) is 3.14. The number of aliphatic imine (C=N–C) groups is 1. The van der Waals surface area contributed by atoms with Crippen LogP contribution in [0.15, 0.2) is 35.3 Å². The van der Waals surface area contributed by atoms with Gasteiger partial charge in [0.2, 0.25) is 0 Å². The van der Waals surface area contributed by atoms with Gasteiger partial charge in [0.15, 0.2) is 5.96 Å². The van der Waals surface area contributed by atoms with Crippen LogP contribution in [0.25, 0.3) is 0 Å². The third-order valence-corrected chi connectivity index (χ3v) is 3.08. The van der Waals surface area contributed by atoms with Crippen LogP contribution in [0.4, 0.5) is 0 Å². The van der Waals surface area contributed by atoms with Gasteiger partial charge in [-0.25, -0.2) is 0 Å². The van der Waals surface area contributed by atoms with E-state index < -0.39 is 0 Å². The van der Waals surface area contributed by atoms with Gasteiger partial charge < -0.3 is 11.1 Å². The molecule has 19 heavy (non-hydrogen) atoms. The fraction of sp³-hybridized carbons (Fsp3) is 0.533. The predicted molar refractivity (Wildman–Crippen MR) is 94.3 cm³/mol. The molecule has 0 aliphatic rings.